The molecule has 116 valence electrons. The molecule has 0 bridgehead atoms. The van der Waals surface area contributed by atoms with Gasteiger partial charge >= 0.3 is 0 Å². The Labute approximate surface area is 128 Å². The fraction of sp³-hybridized carbons (Fsp3) is 0.588. The molecule has 0 heterocycles. The van der Waals surface area contributed by atoms with Crippen LogP contribution in [0.15, 0.2) is 35.3 Å². The maximum Gasteiger partial charge on any atom is 0.193 e. The van der Waals surface area contributed by atoms with Crippen LogP contribution in [0.25, 0.3) is 0 Å². The normalized spacial score (nSPS) is 15.3. The molecule has 2 rings (SSSR count). The highest BCUT2D eigenvalue weighted by Gasteiger charge is 2.27. The molecule has 0 aliphatic heterocycles. The molecule has 1 aromatic carbocycles. The van der Waals surface area contributed by atoms with Crippen LogP contribution in [0.4, 0.5) is 0 Å². The fourth-order valence-electron chi connectivity index (χ4n) is 2.67. The number of guanidine groups is 1. The van der Waals surface area contributed by atoms with Gasteiger partial charge in [0.05, 0.1) is 0 Å². The molecule has 1 aliphatic carbocycles. The number of likely N-dealkylation sites (N-methyl/N-ethyl adjacent to an activating group) is 1. The van der Waals surface area contributed by atoms with E-state index in [4.69, 9.17) is 0 Å². The highest BCUT2D eigenvalue weighted by atomic mass is 15.3. The molecule has 4 nitrogen and oxygen atoms in total. The average Bonchev–Trinajstić information content (AvgIpc) is 3.33. The first-order chi connectivity index (χ1) is 10.2. The number of aliphatic imine (C=N–C) groups is 1. The van der Waals surface area contributed by atoms with Crippen molar-refractivity contribution in [3.05, 3.63) is 35.9 Å². The van der Waals surface area contributed by atoms with Gasteiger partial charge in [-0.05, 0) is 24.9 Å². The van der Waals surface area contributed by atoms with Gasteiger partial charge in [0, 0.05) is 39.8 Å². The monoisotopic (exact) mass is 288 g/mol. The van der Waals surface area contributed by atoms with Crippen molar-refractivity contribution in [3.63, 3.8) is 0 Å². The van der Waals surface area contributed by atoms with Crippen LogP contribution in [0, 0.1) is 0 Å². The molecule has 0 aromatic heterocycles. The summed E-state index contributed by atoms with van der Waals surface area (Å²) in [6.45, 7) is 6.32. The third kappa shape index (κ3) is 5.05. The molecule has 1 aromatic rings. The minimum atomic E-state index is 0.834. The lowest BCUT2D eigenvalue weighted by molar-refractivity contribution is 0.280. The molecule has 0 atom stereocenters. The highest BCUT2D eigenvalue weighted by molar-refractivity contribution is 5.79. The van der Waals surface area contributed by atoms with Crippen molar-refractivity contribution in [2.24, 2.45) is 4.99 Å². The van der Waals surface area contributed by atoms with Gasteiger partial charge in [-0.25, -0.2) is 0 Å². The van der Waals surface area contributed by atoms with E-state index in [0.717, 1.165) is 38.2 Å². The van der Waals surface area contributed by atoms with Gasteiger partial charge < -0.3 is 10.2 Å². The van der Waals surface area contributed by atoms with E-state index in [1.165, 1.54) is 18.4 Å². The van der Waals surface area contributed by atoms with Crippen molar-refractivity contribution in [2.45, 2.75) is 32.4 Å². The molecule has 0 radical (unpaired) electrons. The Morgan fingerprint density at radius 1 is 1.29 bits per heavy atom. The van der Waals surface area contributed by atoms with Crippen LogP contribution in [-0.4, -0.2) is 55.5 Å². The molecule has 1 N–H and O–H groups in total. The van der Waals surface area contributed by atoms with E-state index >= 15 is 0 Å². The third-order valence-electron chi connectivity index (χ3n) is 3.99. The van der Waals surface area contributed by atoms with E-state index in [-0.39, 0.29) is 0 Å². The second-order valence-corrected chi connectivity index (χ2v) is 5.68. The van der Waals surface area contributed by atoms with E-state index in [9.17, 15) is 0 Å². The predicted octanol–water partition coefficient (Wildman–Crippen LogP) is 2.18. The van der Waals surface area contributed by atoms with Crippen LogP contribution >= 0.6 is 0 Å². The van der Waals surface area contributed by atoms with Gasteiger partial charge in [0.1, 0.15) is 0 Å². The molecular formula is C17H28N4. The quantitative estimate of drug-likeness (QED) is 0.616. The van der Waals surface area contributed by atoms with Gasteiger partial charge in [0.15, 0.2) is 5.96 Å². The van der Waals surface area contributed by atoms with Crippen molar-refractivity contribution in [1.82, 2.24) is 15.1 Å². The third-order valence-corrected chi connectivity index (χ3v) is 3.99. The lowest BCUT2D eigenvalue weighted by atomic mass is 10.2. The Morgan fingerprint density at radius 3 is 2.57 bits per heavy atom. The van der Waals surface area contributed by atoms with Crippen LogP contribution in [0.2, 0.25) is 0 Å². The van der Waals surface area contributed by atoms with E-state index in [1.807, 2.05) is 13.1 Å². The molecule has 0 amide bonds. The second-order valence-electron chi connectivity index (χ2n) is 5.68. The average molecular weight is 288 g/mol. The van der Waals surface area contributed by atoms with E-state index < -0.39 is 0 Å². The SMILES string of the molecule is CCN(CCNC(=NC)N(C)Cc1ccccc1)C1CC1. The molecule has 21 heavy (non-hydrogen) atoms. The summed E-state index contributed by atoms with van der Waals surface area (Å²) in [7, 11) is 3.93. The zero-order valence-electron chi connectivity index (χ0n) is 13.5. The lowest BCUT2D eigenvalue weighted by Gasteiger charge is -2.24. The summed E-state index contributed by atoms with van der Waals surface area (Å²) in [4.78, 5) is 9.10. The largest absolute Gasteiger partial charge is 0.355 e. The minimum absolute atomic E-state index is 0.834. The van der Waals surface area contributed by atoms with E-state index in [2.05, 4.69) is 58.3 Å². The molecule has 1 saturated carbocycles. The van der Waals surface area contributed by atoms with Crippen LogP contribution in [0.3, 0.4) is 0 Å². The number of benzene rings is 1. The number of hydrogen-bond donors (Lipinski definition) is 1. The van der Waals surface area contributed by atoms with Crippen molar-refractivity contribution in [2.75, 3.05) is 33.7 Å². The number of rotatable bonds is 7. The summed E-state index contributed by atoms with van der Waals surface area (Å²) in [5, 5.41) is 3.47. The first-order valence-electron chi connectivity index (χ1n) is 7.94. The molecular weight excluding hydrogens is 260 g/mol. The minimum Gasteiger partial charge on any atom is -0.355 e. The molecule has 0 spiro atoms. The number of nitrogens with one attached hydrogen (secondary N) is 1. The van der Waals surface area contributed by atoms with Crippen molar-refractivity contribution < 1.29 is 0 Å². The Morgan fingerprint density at radius 2 is 2.00 bits per heavy atom. The van der Waals surface area contributed by atoms with Gasteiger partial charge in [-0.3, -0.25) is 9.89 Å². The Kier molecular flexibility index (Phi) is 6.05. The summed E-state index contributed by atoms with van der Waals surface area (Å²) >= 11 is 0. The van der Waals surface area contributed by atoms with Crippen molar-refractivity contribution in [3.8, 4) is 0 Å². The van der Waals surface area contributed by atoms with Crippen LogP contribution in [0.1, 0.15) is 25.3 Å². The predicted molar refractivity (Wildman–Crippen MR) is 89.5 cm³/mol. The Hall–Kier alpha value is -1.55. The number of nitrogens with zero attached hydrogens (tertiary/aromatic N) is 3. The van der Waals surface area contributed by atoms with Crippen LogP contribution in [-0.2, 0) is 6.54 Å². The summed E-state index contributed by atoms with van der Waals surface area (Å²) in [5.74, 6) is 0.964. The molecule has 0 unspecified atom stereocenters. The maximum atomic E-state index is 4.38. The summed E-state index contributed by atoms with van der Waals surface area (Å²) < 4.78 is 0. The van der Waals surface area contributed by atoms with Gasteiger partial charge in [0.25, 0.3) is 0 Å². The topological polar surface area (TPSA) is 30.9 Å². The number of hydrogen-bond acceptors (Lipinski definition) is 2. The second kappa shape index (κ2) is 8.03. The lowest BCUT2D eigenvalue weighted by Crippen LogP contribution is -2.42. The van der Waals surface area contributed by atoms with Crippen molar-refractivity contribution in [1.29, 1.82) is 0 Å². The Balaban J connectivity index is 1.76. The Bertz CT molecular complexity index is 439. The van der Waals surface area contributed by atoms with E-state index in [0.29, 0.717) is 0 Å². The van der Waals surface area contributed by atoms with E-state index in [1.54, 1.807) is 0 Å². The first kappa shape index (κ1) is 15.8. The molecule has 0 saturated heterocycles. The molecule has 1 aliphatic rings. The van der Waals surface area contributed by atoms with Gasteiger partial charge in [-0.1, -0.05) is 37.3 Å². The standard InChI is InChI=1S/C17H28N4/c1-4-21(16-10-11-16)13-12-19-17(18-2)20(3)14-15-8-6-5-7-9-15/h5-9,16H,4,10-14H2,1-3H3,(H,18,19). The van der Waals surface area contributed by atoms with Gasteiger partial charge in [-0.2, -0.15) is 0 Å². The molecule has 1 fully saturated rings. The maximum absolute atomic E-state index is 4.38. The molecule has 4 heteroatoms. The smallest absolute Gasteiger partial charge is 0.193 e. The van der Waals surface area contributed by atoms with Gasteiger partial charge in [0.2, 0.25) is 0 Å². The summed E-state index contributed by atoms with van der Waals surface area (Å²) in [5.41, 5.74) is 1.30. The first-order valence-corrected chi connectivity index (χ1v) is 7.94. The zero-order chi connectivity index (χ0) is 15.1. The summed E-state index contributed by atoms with van der Waals surface area (Å²) in [6.07, 6.45) is 2.74. The fourth-order valence-corrected chi connectivity index (χ4v) is 2.67. The van der Waals surface area contributed by atoms with Gasteiger partial charge in [-0.15, -0.1) is 0 Å². The van der Waals surface area contributed by atoms with Crippen molar-refractivity contribution >= 4 is 5.96 Å². The zero-order valence-corrected chi connectivity index (χ0v) is 13.5. The van der Waals surface area contributed by atoms with Crippen LogP contribution in [0.5, 0.6) is 0 Å². The highest BCUT2D eigenvalue weighted by Crippen LogP contribution is 2.25. The van der Waals surface area contributed by atoms with Crippen LogP contribution < -0.4 is 5.32 Å². The summed E-state index contributed by atoms with van der Waals surface area (Å²) in [6, 6.07) is 11.3.